The standard InChI is InChI=1S/C24H24Cl2N4O2/c25-18-5-2-17(3-6-18)24(32)29-11-9-28(10-12-29)21-14-30(15-22(21)31)23-8-4-16-1-7-19(26)13-20(16)27-23/h1-8,13,21-22,31H,9-12,14-15H2. The van der Waals surface area contributed by atoms with Crippen molar-refractivity contribution in [2.75, 3.05) is 44.2 Å². The lowest BCUT2D eigenvalue weighted by Gasteiger charge is -2.38. The summed E-state index contributed by atoms with van der Waals surface area (Å²) in [6.07, 6.45) is -0.467. The van der Waals surface area contributed by atoms with Gasteiger partial charge in [-0.2, -0.15) is 0 Å². The van der Waals surface area contributed by atoms with Crippen LogP contribution >= 0.6 is 23.2 Å². The van der Waals surface area contributed by atoms with Crippen LogP contribution in [0.5, 0.6) is 0 Å². The number of hydrogen-bond acceptors (Lipinski definition) is 5. The number of aliphatic hydroxyl groups excluding tert-OH is 1. The van der Waals surface area contributed by atoms with E-state index < -0.39 is 6.10 Å². The minimum atomic E-state index is -0.467. The third-order valence-corrected chi connectivity index (χ3v) is 6.87. The van der Waals surface area contributed by atoms with Gasteiger partial charge in [-0.05, 0) is 48.5 Å². The van der Waals surface area contributed by atoms with E-state index in [-0.39, 0.29) is 11.9 Å². The Morgan fingerprint density at radius 1 is 0.906 bits per heavy atom. The lowest BCUT2D eigenvalue weighted by Crippen LogP contribution is -2.54. The third-order valence-electron chi connectivity index (χ3n) is 6.38. The summed E-state index contributed by atoms with van der Waals surface area (Å²) in [5, 5.41) is 13.1. The number of rotatable bonds is 3. The quantitative estimate of drug-likeness (QED) is 0.634. The van der Waals surface area contributed by atoms with Gasteiger partial charge in [-0.15, -0.1) is 0 Å². The monoisotopic (exact) mass is 470 g/mol. The smallest absolute Gasteiger partial charge is 0.253 e. The number of amides is 1. The molecule has 3 aromatic rings. The molecule has 0 bridgehead atoms. The Morgan fingerprint density at radius 2 is 1.59 bits per heavy atom. The number of nitrogens with zero attached hydrogens (tertiary/aromatic N) is 4. The fourth-order valence-corrected chi connectivity index (χ4v) is 4.90. The van der Waals surface area contributed by atoms with Crippen LogP contribution < -0.4 is 4.90 Å². The molecule has 0 saturated carbocycles. The van der Waals surface area contributed by atoms with Gasteiger partial charge >= 0.3 is 0 Å². The highest BCUT2D eigenvalue weighted by atomic mass is 35.5. The lowest BCUT2D eigenvalue weighted by molar-refractivity contribution is 0.0376. The second-order valence-corrected chi connectivity index (χ2v) is 9.25. The van der Waals surface area contributed by atoms with Crippen molar-refractivity contribution < 1.29 is 9.90 Å². The number of benzene rings is 2. The van der Waals surface area contributed by atoms with E-state index in [0.717, 1.165) is 29.8 Å². The van der Waals surface area contributed by atoms with Crippen LogP contribution in [0.3, 0.4) is 0 Å². The molecule has 0 radical (unpaired) electrons. The van der Waals surface area contributed by atoms with Gasteiger partial charge in [0.15, 0.2) is 0 Å². The number of halogens is 2. The van der Waals surface area contributed by atoms with Crippen molar-refractivity contribution >= 4 is 45.8 Å². The van der Waals surface area contributed by atoms with Gasteiger partial charge in [0.25, 0.3) is 5.91 Å². The summed E-state index contributed by atoms with van der Waals surface area (Å²) in [5.74, 6) is 0.867. The number of aliphatic hydroxyl groups is 1. The summed E-state index contributed by atoms with van der Waals surface area (Å²) in [4.78, 5) is 23.8. The van der Waals surface area contributed by atoms with Crippen molar-refractivity contribution in [3.05, 3.63) is 70.2 Å². The molecule has 2 aliphatic rings. The van der Waals surface area contributed by atoms with Gasteiger partial charge in [0.1, 0.15) is 5.82 Å². The molecule has 1 amide bonds. The number of β-amino-alcohol motifs (C(OH)–C–C–N with tert-alkyl or cyclic N) is 1. The van der Waals surface area contributed by atoms with E-state index in [1.165, 1.54) is 0 Å². The molecule has 0 aliphatic carbocycles. The molecular weight excluding hydrogens is 447 g/mol. The van der Waals surface area contributed by atoms with Gasteiger partial charge in [-0.1, -0.05) is 29.3 Å². The van der Waals surface area contributed by atoms with Gasteiger partial charge in [-0.25, -0.2) is 4.98 Å². The number of hydrogen-bond donors (Lipinski definition) is 1. The van der Waals surface area contributed by atoms with Crippen molar-refractivity contribution in [3.8, 4) is 0 Å². The molecular formula is C24H24Cl2N4O2. The molecule has 2 fully saturated rings. The van der Waals surface area contributed by atoms with Crippen LogP contribution in [0, 0.1) is 0 Å². The van der Waals surface area contributed by atoms with E-state index >= 15 is 0 Å². The summed E-state index contributed by atoms with van der Waals surface area (Å²) in [6.45, 7) is 3.97. The van der Waals surface area contributed by atoms with E-state index in [4.69, 9.17) is 28.2 Å². The van der Waals surface area contributed by atoms with Crippen LogP contribution in [0.25, 0.3) is 10.9 Å². The molecule has 1 N–H and O–H groups in total. The molecule has 166 valence electrons. The van der Waals surface area contributed by atoms with Crippen LogP contribution in [-0.2, 0) is 0 Å². The minimum Gasteiger partial charge on any atom is -0.390 e. The molecule has 2 atom stereocenters. The van der Waals surface area contributed by atoms with Crippen LogP contribution in [0.1, 0.15) is 10.4 Å². The third kappa shape index (κ3) is 4.28. The van der Waals surface area contributed by atoms with Crippen LogP contribution in [0.2, 0.25) is 10.0 Å². The largest absolute Gasteiger partial charge is 0.390 e. The zero-order valence-corrected chi connectivity index (χ0v) is 19.0. The molecule has 6 nitrogen and oxygen atoms in total. The number of anilines is 1. The van der Waals surface area contributed by atoms with Crippen LogP contribution in [0.4, 0.5) is 5.82 Å². The second-order valence-electron chi connectivity index (χ2n) is 8.38. The van der Waals surface area contributed by atoms with Crippen molar-refractivity contribution in [1.82, 2.24) is 14.8 Å². The molecule has 2 saturated heterocycles. The fourth-order valence-electron chi connectivity index (χ4n) is 4.60. The highest BCUT2D eigenvalue weighted by molar-refractivity contribution is 6.31. The van der Waals surface area contributed by atoms with Gasteiger partial charge in [-0.3, -0.25) is 9.69 Å². The maximum atomic E-state index is 12.8. The Labute approximate surface area is 197 Å². The Hall–Kier alpha value is -2.38. The normalized spacial score (nSPS) is 22.0. The Bertz CT molecular complexity index is 1130. The first-order chi connectivity index (χ1) is 15.5. The molecule has 3 heterocycles. The minimum absolute atomic E-state index is 0.0136. The molecule has 0 spiro atoms. The van der Waals surface area contributed by atoms with Crippen molar-refractivity contribution in [3.63, 3.8) is 0 Å². The summed E-state index contributed by atoms with van der Waals surface area (Å²) < 4.78 is 0. The van der Waals surface area contributed by atoms with Gasteiger partial charge in [0.05, 0.1) is 17.7 Å². The fraction of sp³-hybridized carbons (Fsp3) is 0.333. The van der Waals surface area contributed by atoms with E-state index in [1.54, 1.807) is 24.3 Å². The Kier molecular flexibility index (Phi) is 5.95. The zero-order chi connectivity index (χ0) is 22.2. The van der Waals surface area contributed by atoms with E-state index in [2.05, 4.69) is 9.80 Å². The summed E-state index contributed by atoms with van der Waals surface area (Å²) in [6, 6.07) is 16.7. The maximum Gasteiger partial charge on any atom is 0.253 e. The molecule has 8 heteroatoms. The number of aromatic nitrogens is 1. The topological polar surface area (TPSA) is 59.9 Å². The maximum absolute atomic E-state index is 12.8. The number of fused-ring (bicyclic) bond motifs is 1. The van der Waals surface area contributed by atoms with E-state index in [9.17, 15) is 9.90 Å². The van der Waals surface area contributed by atoms with Crippen LogP contribution in [0.15, 0.2) is 54.6 Å². The van der Waals surface area contributed by atoms with E-state index in [1.807, 2.05) is 35.2 Å². The predicted molar refractivity (Wildman–Crippen MR) is 128 cm³/mol. The van der Waals surface area contributed by atoms with Gasteiger partial charge in [0, 0.05) is 60.3 Å². The van der Waals surface area contributed by atoms with Gasteiger partial charge < -0.3 is 14.9 Å². The average molecular weight is 471 g/mol. The predicted octanol–water partition coefficient (Wildman–Crippen LogP) is 3.55. The van der Waals surface area contributed by atoms with Crippen molar-refractivity contribution in [2.45, 2.75) is 12.1 Å². The lowest BCUT2D eigenvalue weighted by atomic mass is 10.1. The Morgan fingerprint density at radius 3 is 2.34 bits per heavy atom. The van der Waals surface area contributed by atoms with Gasteiger partial charge in [0.2, 0.25) is 0 Å². The summed E-state index contributed by atoms with van der Waals surface area (Å²) in [5.41, 5.74) is 1.50. The zero-order valence-electron chi connectivity index (χ0n) is 17.5. The highest BCUT2D eigenvalue weighted by Crippen LogP contribution is 2.26. The summed E-state index contributed by atoms with van der Waals surface area (Å²) >= 11 is 12.1. The van der Waals surface area contributed by atoms with Crippen molar-refractivity contribution in [1.29, 1.82) is 0 Å². The SMILES string of the molecule is O=C(c1ccc(Cl)cc1)N1CCN(C2CN(c3ccc4ccc(Cl)cc4n3)CC2O)CC1. The second kappa shape index (κ2) is 8.87. The van der Waals surface area contributed by atoms with E-state index in [0.29, 0.717) is 41.8 Å². The molecule has 5 rings (SSSR count). The molecule has 32 heavy (non-hydrogen) atoms. The molecule has 2 aromatic carbocycles. The number of carbonyl (C=O) groups is 1. The van der Waals surface area contributed by atoms with Crippen LogP contribution in [-0.4, -0.2) is 77.2 Å². The number of pyridine rings is 1. The molecule has 1 aromatic heterocycles. The number of carbonyl (C=O) groups excluding carboxylic acids is 1. The highest BCUT2D eigenvalue weighted by Gasteiger charge is 2.37. The first-order valence-electron chi connectivity index (χ1n) is 10.8. The molecule has 2 aliphatic heterocycles. The average Bonchev–Trinajstić information content (AvgIpc) is 3.20. The summed E-state index contributed by atoms with van der Waals surface area (Å²) in [7, 11) is 0. The number of piperazine rings is 1. The first kappa shape index (κ1) is 21.5. The first-order valence-corrected chi connectivity index (χ1v) is 11.5. The molecule has 2 unspecified atom stereocenters. The van der Waals surface area contributed by atoms with Crippen molar-refractivity contribution in [2.24, 2.45) is 0 Å². The Balaban J connectivity index is 1.23.